The highest BCUT2D eigenvalue weighted by molar-refractivity contribution is 5.92. The molecule has 1 unspecified atom stereocenters. The third-order valence-electron chi connectivity index (χ3n) is 4.28. The van der Waals surface area contributed by atoms with E-state index in [4.69, 9.17) is 0 Å². The van der Waals surface area contributed by atoms with Gasteiger partial charge in [-0.1, -0.05) is 60.7 Å². The Kier molecular flexibility index (Phi) is 6.15. The van der Waals surface area contributed by atoms with Crippen molar-refractivity contribution >= 4 is 11.7 Å². The molecule has 2 aromatic carbocycles. The van der Waals surface area contributed by atoms with Crippen molar-refractivity contribution in [2.45, 2.75) is 26.3 Å². The molecular formula is C22H24N4O. The first-order valence-electron chi connectivity index (χ1n) is 9.11. The number of hydrogen-bond acceptors (Lipinski definition) is 4. The maximum Gasteiger partial charge on any atom is 0.270 e. The van der Waals surface area contributed by atoms with Gasteiger partial charge in [0.2, 0.25) is 0 Å². The van der Waals surface area contributed by atoms with Gasteiger partial charge in [0.1, 0.15) is 17.3 Å². The van der Waals surface area contributed by atoms with E-state index < -0.39 is 0 Å². The van der Waals surface area contributed by atoms with E-state index in [1.165, 1.54) is 5.56 Å². The number of nitrogens with one attached hydrogen (secondary N) is 2. The second-order valence-corrected chi connectivity index (χ2v) is 6.45. The highest BCUT2D eigenvalue weighted by Gasteiger charge is 2.12. The molecule has 1 aromatic heterocycles. The van der Waals surface area contributed by atoms with Crippen LogP contribution < -0.4 is 10.6 Å². The van der Waals surface area contributed by atoms with Crippen LogP contribution in [-0.2, 0) is 6.42 Å². The molecule has 1 atom stereocenters. The van der Waals surface area contributed by atoms with Crippen molar-refractivity contribution < 1.29 is 4.79 Å². The number of benzene rings is 2. The Hall–Kier alpha value is -3.21. The minimum absolute atomic E-state index is 0.0782. The predicted molar refractivity (Wildman–Crippen MR) is 108 cm³/mol. The maximum absolute atomic E-state index is 12.5. The van der Waals surface area contributed by atoms with Crippen LogP contribution in [0, 0.1) is 6.92 Å². The normalized spacial score (nSPS) is 11.6. The van der Waals surface area contributed by atoms with Crippen molar-refractivity contribution in [2.24, 2.45) is 0 Å². The van der Waals surface area contributed by atoms with Crippen LogP contribution in [0.5, 0.6) is 0 Å². The summed E-state index contributed by atoms with van der Waals surface area (Å²) in [4.78, 5) is 21.1. The lowest BCUT2D eigenvalue weighted by Gasteiger charge is -2.16. The molecule has 0 radical (unpaired) electrons. The Morgan fingerprint density at radius 2 is 1.67 bits per heavy atom. The average molecular weight is 360 g/mol. The van der Waals surface area contributed by atoms with E-state index in [-0.39, 0.29) is 11.9 Å². The third kappa shape index (κ3) is 5.38. The van der Waals surface area contributed by atoms with Crippen molar-refractivity contribution in [1.29, 1.82) is 0 Å². The SMILES string of the molecule is Cc1nc(NC(C)c2ccccc2)cc(C(=O)NCCc2ccccc2)n1. The van der Waals surface area contributed by atoms with Gasteiger partial charge in [-0.05, 0) is 31.4 Å². The fourth-order valence-electron chi connectivity index (χ4n) is 2.86. The van der Waals surface area contributed by atoms with Crippen molar-refractivity contribution in [3.8, 4) is 0 Å². The predicted octanol–water partition coefficient (Wildman–Crippen LogP) is 3.93. The number of anilines is 1. The van der Waals surface area contributed by atoms with E-state index in [2.05, 4.69) is 39.7 Å². The Bertz CT molecular complexity index is 881. The number of nitrogens with zero attached hydrogens (tertiary/aromatic N) is 2. The lowest BCUT2D eigenvalue weighted by atomic mass is 10.1. The summed E-state index contributed by atoms with van der Waals surface area (Å²) >= 11 is 0. The number of amides is 1. The first kappa shape index (κ1) is 18.6. The van der Waals surface area contributed by atoms with Gasteiger partial charge in [-0.3, -0.25) is 4.79 Å². The van der Waals surface area contributed by atoms with E-state index in [0.29, 0.717) is 23.9 Å². The average Bonchev–Trinajstić information content (AvgIpc) is 2.69. The summed E-state index contributed by atoms with van der Waals surface area (Å²) in [7, 11) is 0. The molecule has 0 bridgehead atoms. The standard InChI is InChI=1S/C22H24N4O/c1-16(19-11-7-4-8-12-19)24-21-15-20(25-17(2)26-21)22(27)23-14-13-18-9-5-3-6-10-18/h3-12,15-16H,13-14H2,1-2H3,(H,23,27)(H,24,25,26). The van der Waals surface area contributed by atoms with Crippen molar-refractivity contribution in [2.75, 3.05) is 11.9 Å². The van der Waals surface area contributed by atoms with E-state index in [0.717, 1.165) is 12.0 Å². The molecule has 0 aliphatic carbocycles. The topological polar surface area (TPSA) is 66.9 Å². The van der Waals surface area contributed by atoms with Crippen LogP contribution in [-0.4, -0.2) is 22.4 Å². The van der Waals surface area contributed by atoms with Crippen molar-refractivity contribution in [3.63, 3.8) is 0 Å². The van der Waals surface area contributed by atoms with Crippen LogP contribution in [0.25, 0.3) is 0 Å². The molecule has 27 heavy (non-hydrogen) atoms. The summed E-state index contributed by atoms with van der Waals surface area (Å²) in [5.41, 5.74) is 2.72. The van der Waals surface area contributed by atoms with E-state index >= 15 is 0 Å². The smallest absolute Gasteiger partial charge is 0.270 e. The van der Waals surface area contributed by atoms with Gasteiger partial charge in [0.05, 0.1) is 0 Å². The largest absolute Gasteiger partial charge is 0.363 e. The number of aryl methyl sites for hydroxylation is 1. The molecule has 3 aromatic rings. The van der Waals surface area contributed by atoms with E-state index in [1.807, 2.05) is 48.5 Å². The summed E-state index contributed by atoms with van der Waals surface area (Å²) in [6.07, 6.45) is 0.785. The number of rotatable bonds is 7. The zero-order valence-corrected chi connectivity index (χ0v) is 15.6. The monoisotopic (exact) mass is 360 g/mol. The Balaban J connectivity index is 1.63. The van der Waals surface area contributed by atoms with Crippen molar-refractivity contribution in [1.82, 2.24) is 15.3 Å². The first-order chi connectivity index (χ1) is 13.1. The van der Waals surface area contributed by atoms with Gasteiger partial charge in [0.15, 0.2) is 0 Å². The number of carbonyl (C=O) groups excluding carboxylic acids is 1. The van der Waals surface area contributed by atoms with Crippen LogP contribution in [0.1, 0.15) is 40.4 Å². The Morgan fingerprint density at radius 3 is 2.37 bits per heavy atom. The highest BCUT2D eigenvalue weighted by Crippen LogP contribution is 2.18. The molecular weight excluding hydrogens is 336 g/mol. The Morgan fingerprint density at radius 1 is 1.00 bits per heavy atom. The van der Waals surface area contributed by atoms with Crippen LogP contribution in [0.2, 0.25) is 0 Å². The van der Waals surface area contributed by atoms with Crippen LogP contribution in [0.4, 0.5) is 5.82 Å². The molecule has 0 aliphatic rings. The molecule has 0 aliphatic heterocycles. The van der Waals surface area contributed by atoms with Gasteiger partial charge >= 0.3 is 0 Å². The minimum atomic E-state index is -0.188. The molecule has 5 nitrogen and oxygen atoms in total. The number of aromatic nitrogens is 2. The van der Waals surface area contributed by atoms with Crippen LogP contribution in [0.15, 0.2) is 66.7 Å². The highest BCUT2D eigenvalue weighted by atomic mass is 16.1. The van der Waals surface area contributed by atoms with Gasteiger partial charge in [-0.25, -0.2) is 9.97 Å². The second-order valence-electron chi connectivity index (χ2n) is 6.45. The molecule has 2 N–H and O–H groups in total. The maximum atomic E-state index is 12.5. The number of hydrogen-bond donors (Lipinski definition) is 2. The second kappa shape index (κ2) is 8.94. The number of carbonyl (C=O) groups is 1. The Labute approximate surface area is 159 Å². The van der Waals surface area contributed by atoms with Gasteiger partial charge in [0, 0.05) is 18.7 Å². The fourth-order valence-corrected chi connectivity index (χ4v) is 2.86. The molecule has 0 saturated carbocycles. The van der Waals surface area contributed by atoms with Crippen molar-refractivity contribution in [3.05, 3.63) is 89.4 Å². The van der Waals surface area contributed by atoms with Gasteiger partial charge in [-0.15, -0.1) is 0 Å². The summed E-state index contributed by atoms with van der Waals surface area (Å²) in [5, 5.41) is 6.27. The molecule has 0 saturated heterocycles. The first-order valence-corrected chi connectivity index (χ1v) is 9.11. The van der Waals surface area contributed by atoms with Gasteiger partial charge in [-0.2, -0.15) is 0 Å². The molecule has 0 fully saturated rings. The zero-order chi connectivity index (χ0) is 19.1. The van der Waals surface area contributed by atoms with E-state index in [1.54, 1.807) is 13.0 Å². The van der Waals surface area contributed by atoms with Gasteiger partial charge < -0.3 is 10.6 Å². The molecule has 1 heterocycles. The van der Waals surface area contributed by atoms with E-state index in [9.17, 15) is 4.79 Å². The lowest BCUT2D eigenvalue weighted by Crippen LogP contribution is -2.27. The summed E-state index contributed by atoms with van der Waals surface area (Å²) < 4.78 is 0. The van der Waals surface area contributed by atoms with Crippen LogP contribution in [0.3, 0.4) is 0 Å². The third-order valence-corrected chi connectivity index (χ3v) is 4.28. The zero-order valence-electron chi connectivity index (χ0n) is 15.6. The molecule has 1 amide bonds. The molecule has 5 heteroatoms. The summed E-state index contributed by atoms with van der Waals surface area (Å²) in [6, 6.07) is 22.0. The molecule has 0 spiro atoms. The molecule has 3 rings (SSSR count). The van der Waals surface area contributed by atoms with Crippen LogP contribution >= 0.6 is 0 Å². The minimum Gasteiger partial charge on any atom is -0.363 e. The quantitative estimate of drug-likeness (QED) is 0.670. The fraction of sp³-hybridized carbons (Fsp3) is 0.227. The lowest BCUT2D eigenvalue weighted by molar-refractivity contribution is 0.0949. The molecule has 138 valence electrons. The summed E-state index contributed by atoms with van der Waals surface area (Å²) in [6.45, 7) is 4.42. The summed E-state index contributed by atoms with van der Waals surface area (Å²) in [5.74, 6) is 1.02. The van der Waals surface area contributed by atoms with Gasteiger partial charge in [0.25, 0.3) is 5.91 Å².